The molecule has 1 heterocycles. The Balaban J connectivity index is 2.13. The lowest BCUT2D eigenvalue weighted by Crippen LogP contribution is -2.10. The smallest absolute Gasteiger partial charge is 0.0898 e. The second-order valence-electron chi connectivity index (χ2n) is 4.72. The third-order valence-corrected chi connectivity index (χ3v) is 3.99. The Morgan fingerprint density at radius 1 is 1.37 bits per heavy atom. The molecule has 0 spiro atoms. The lowest BCUT2D eigenvalue weighted by atomic mass is 10.2. The van der Waals surface area contributed by atoms with Gasteiger partial charge in [0, 0.05) is 25.2 Å². The number of rotatable bonds is 4. The van der Waals surface area contributed by atoms with Crippen molar-refractivity contribution in [2.75, 3.05) is 24.3 Å². The van der Waals surface area contributed by atoms with Crippen molar-refractivity contribution >= 4 is 34.3 Å². The second kappa shape index (κ2) is 5.80. The van der Waals surface area contributed by atoms with Gasteiger partial charge in [-0.1, -0.05) is 11.6 Å². The molecular formula is C14H18ClN3S. The topological polar surface area (TPSA) is 28.2 Å². The van der Waals surface area contributed by atoms with Gasteiger partial charge in [-0.2, -0.15) is 0 Å². The van der Waals surface area contributed by atoms with E-state index in [4.69, 9.17) is 11.6 Å². The average molecular weight is 296 g/mol. The molecule has 19 heavy (non-hydrogen) atoms. The van der Waals surface area contributed by atoms with Crippen molar-refractivity contribution in [1.29, 1.82) is 0 Å². The molecule has 0 fully saturated rings. The molecule has 0 aliphatic carbocycles. The van der Waals surface area contributed by atoms with Gasteiger partial charge in [-0.05, 0) is 32.0 Å². The molecule has 2 rings (SSSR count). The van der Waals surface area contributed by atoms with Crippen molar-refractivity contribution in [3.8, 4) is 0 Å². The molecule has 1 unspecified atom stereocenters. The molecule has 0 saturated heterocycles. The third-order valence-electron chi connectivity index (χ3n) is 2.89. The standard InChI is InChI=1S/C14H18ClN3S/c1-9(13-8-19-10(2)17-13)16-11-5-6-14(18(3)4)12(15)7-11/h5-9,16H,1-4H3. The van der Waals surface area contributed by atoms with Gasteiger partial charge in [0.1, 0.15) is 0 Å². The predicted octanol–water partition coefficient (Wildman–Crippen LogP) is 4.34. The van der Waals surface area contributed by atoms with E-state index < -0.39 is 0 Å². The maximum absolute atomic E-state index is 6.26. The summed E-state index contributed by atoms with van der Waals surface area (Å²) in [5.41, 5.74) is 3.09. The molecule has 0 bridgehead atoms. The second-order valence-corrected chi connectivity index (χ2v) is 6.19. The van der Waals surface area contributed by atoms with E-state index in [1.165, 1.54) is 0 Å². The fourth-order valence-corrected chi connectivity index (χ4v) is 2.92. The first-order valence-electron chi connectivity index (χ1n) is 6.13. The minimum Gasteiger partial charge on any atom is -0.377 e. The molecule has 0 aliphatic rings. The molecule has 3 nitrogen and oxygen atoms in total. The number of hydrogen-bond acceptors (Lipinski definition) is 4. The summed E-state index contributed by atoms with van der Waals surface area (Å²) in [4.78, 5) is 6.49. The minimum atomic E-state index is 0.172. The third kappa shape index (κ3) is 3.39. The summed E-state index contributed by atoms with van der Waals surface area (Å²) in [5.74, 6) is 0. The first-order valence-corrected chi connectivity index (χ1v) is 7.38. The highest BCUT2D eigenvalue weighted by molar-refractivity contribution is 7.09. The van der Waals surface area contributed by atoms with E-state index >= 15 is 0 Å². The fourth-order valence-electron chi connectivity index (χ4n) is 1.86. The number of benzene rings is 1. The highest BCUT2D eigenvalue weighted by Gasteiger charge is 2.10. The van der Waals surface area contributed by atoms with Crippen molar-refractivity contribution in [3.63, 3.8) is 0 Å². The number of halogens is 1. The summed E-state index contributed by atoms with van der Waals surface area (Å²) in [6.07, 6.45) is 0. The van der Waals surface area contributed by atoms with Crippen LogP contribution >= 0.6 is 22.9 Å². The molecule has 0 aliphatic heterocycles. The number of nitrogens with one attached hydrogen (secondary N) is 1. The lowest BCUT2D eigenvalue weighted by Gasteiger charge is -2.17. The summed E-state index contributed by atoms with van der Waals surface area (Å²) in [6, 6.07) is 6.18. The molecule has 1 N–H and O–H groups in total. The van der Waals surface area contributed by atoms with Crippen molar-refractivity contribution in [3.05, 3.63) is 39.3 Å². The van der Waals surface area contributed by atoms with Gasteiger partial charge in [-0.25, -0.2) is 4.98 Å². The van der Waals surface area contributed by atoms with Gasteiger partial charge in [0.2, 0.25) is 0 Å². The number of anilines is 2. The van der Waals surface area contributed by atoms with E-state index in [0.717, 1.165) is 27.1 Å². The molecule has 0 radical (unpaired) electrons. The zero-order valence-electron chi connectivity index (χ0n) is 11.6. The van der Waals surface area contributed by atoms with E-state index in [0.29, 0.717) is 0 Å². The van der Waals surface area contributed by atoms with Crippen LogP contribution in [0.15, 0.2) is 23.6 Å². The van der Waals surface area contributed by atoms with Crippen LogP contribution in [-0.4, -0.2) is 19.1 Å². The summed E-state index contributed by atoms with van der Waals surface area (Å²) in [6.45, 7) is 4.12. The zero-order valence-corrected chi connectivity index (χ0v) is 13.1. The Morgan fingerprint density at radius 3 is 2.63 bits per heavy atom. The Morgan fingerprint density at radius 2 is 2.11 bits per heavy atom. The molecule has 1 atom stereocenters. The van der Waals surface area contributed by atoms with Crippen LogP contribution < -0.4 is 10.2 Å². The van der Waals surface area contributed by atoms with Crippen LogP contribution in [0.5, 0.6) is 0 Å². The van der Waals surface area contributed by atoms with Crippen LogP contribution in [0, 0.1) is 6.92 Å². The van der Waals surface area contributed by atoms with Gasteiger partial charge in [0.05, 0.1) is 27.5 Å². The Labute approximate surface area is 123 Å². The molecular weight excluding hydrogens is 278 g/mol. The SMILES string of the molecule is Cc1nc(C(C)Nc2ccc(N(C)C)c(Cl)c2)cs1. The Hall–Kier alpha value is -1.26. The number of hydrogen-bond donors (Lipinski definition) is 1. The van der Waals surface area contributed by atoms with Crippen LogP contribution in [-0.2, 0) is 0 Å². The zero-order chi connectivity index (χ0) is 14.0. The van der Waals surface area contributed by atoms with Gasteiger partial charge in [-0.15, -0.1) is 11.3 Å². The molecule has 102 valence electrons. The Kier molecular flexibility index (Phi) is 4.32. The average Bonchev–Trinajstić information content (AvgIpc) is 2.75. The van der Waals surface area contributed by atoms with Gasteiger partial charge in [0.25, 0.3) is 0 Å². The first-order chi connectivity index (χ1) is 8.97. The van der Waals surface area contributed by atoms with Gasteiger partial charge in [-0.3, -0.25) is 0 Å². The van der Waals surface area contributed by atoms with Crippen molar-refractivity contribution in [1.82, 2.24) is 4.98 Å². The van der Waals surface area contributed by atoms with Crippen molar-refractivity contribution < 1.29 is 0 Å². The van der Waals surface area contributed by atoms with E-state index in [-0.39, 0.29) is 6.04 Å². The number of aromatic nitrogens is 1. The monoisotopic (exact) mass is 295 g/mol. The van der Waals surface area contributed by atoms with Crippen LogP contribution in [0.1, 0.15) is 23.7 Å². The summed E-state index contributed by atoms with van der Waals surface area (Å²) in [7, 11) is 3.96. The van der Waals surface area contributed by atoms with E-state index in [1.807, 2.05) is 44.1 Å². The quantitative estimate of drug-likeness (QED) is 0.909. The maximum Gasteiger partial charge on any atom is 0.0898 e. The number of thiazole rings is 1. The normalized spacial score (nSPS) is 12.3. The molecule has 1 aromatic carbocycles. The summed E-state index contributed by atoms with van der Waals surface area (Å²) in [5, 5.41) is 7.34. The molecule has 5 heteroatoms. The predicted molar refractivity (Wildman–Crippen MR) is 84.7 cm³/mol. The summed E-state index contributed by atoms with van der Waals surface area (Å²) < 4.78 is 0. The first kappa shape index (κ1) is 14.2. The highest BCUT2D eigenvalue weighted by atomic mass is 35.5. The van der Waals surface area contributed by atoms with Crippen LogP contribution in [0.2, 0.25) is 5.02 Å². The minimum absolute atomic E-state index is 0.172. The molecule has 2 aromatic rings. The Bertz CT molecular complexity index is 566. The van der Waals surface area contributed by atoms with Gasteiger partial charge >= 0.3 is 0 Å². The van der Waals surface area contributed by atoms with E-state index in [9.17, 15) is 0 Å². The van der Waals surface area contributed by atoms with Crippen LogP contribution in [0.4, 0.5) is 11.4 Å². The number of aryl methyl sites for hydroxylation is 1. The lowest BCUT2D eigenvalue weighted by molar-refractivity contribution is 0.845. The van der Waals surface area contributed by atoms with Crippen molar-refractivity contribution in [2.24, 2.45) is 0 Å². The van der Waals surface area contributed by atoms with Gasteiger partial charge in [0.15, 0.2) is 0 Å². The van der Waals surface area contributed by atoms with Crippen LogP contribution in [0.3, 0.4) is 0 Å². The summed E-state index contributed by atoms with van der Waals surface area (Å²) >= 11 is 7.93. The fraction of sp³-hybridized carbons (Fsp3) is 0.357. The molecule has 0 saturated carbocycles. The van der Waals surface area contributed by atoms with Crippen molar-refractivity contribution in [2.45, 2.75) is 19.9 Å². The maximum atomic E-state index is 6.26. The largest absolute Gasteiger partial charge is 0.377 e. The molecule has 0 amide bonds. The highest BCUT2D eigenvalue weighted by Crippen LogP contribution is 2.29. The van der Waals surface area contributed by atoms with E-state index in [2.05, 4.69) is 22.6 Å². The molecule has 1 aromatic heterocycles. The van der Waals surface area contributed by atoms with Gasteiger partial charge < -0.3 is 10.2 Å². The van der Waals surface area contributed by atoms with E-state index in [1.54, 1.807) is 11.3 Å². The number of nitrogens with zero attached hydrogens (tertiary/aromatic N) is 2. The van der Waals surface area contributed by atoms with Crippen LogP contribution in [0.25, 0.3) is 0 Å².